The first kappa shape index (κ1) is 17.1. The van der Waals surface area contributed by atoms with Crippen LogP contribution in [0.2, 0.25) is 5.02 Å². The first-order valence-corrected chi connectivity index (χ1v) is 9.22. The number of nitrogens with one attached hydrogen (secondary N) is 1. The van der Waals surface area contributed by atoms with Crippen molar-refractivity contribution in [2.45, 2.75) is 18.9 Å². The molecule has 0 atom stereocenters. The van der Waals surface area contributed by atoms with Crippen molar-refractivity contribution >= 4 is 56.5 Å². The Balaban J connectivity index is 1.73. The lowest BCUT2D eigenvalue weighted by molar-refractivity contribution is -0.113. The van der Waals surface area contributed by atoms with Crippen molar-refractivity contribution in [1.29, 1.82) is 0 Å². The van der Waals surface area contributed by atoms with Crippen molar-refractivity contribution in [3.05, 3.63) is 45.8 Å². The second kappa shape index (κ2) is 7.04. The fraction of sp³-hybridized carbons (Fsp3) is 0.188. The van der Waals surface area contributed by atoms with Crippen molar-refractivity contribution < 1.29 is 9.18 Å². The molecule has 0 aliphatic carbocycles. The number of amides is 1. The van der Waals surface area contributed by atoms with Gasteiger partial charge in [0.05, 0.1) is 16.5 Å². The van der Waals surface area contributed by atoms with Gasteiger partial charge in [0.25, 0.3) is 0 Å². The molecule has 0 fully saturated rings. The summed E-state index contributed by atoms with van der Waals surface area (Å²) in [7, 11) is 0. The van der Waals surface area contributed by atoms with E-state index in [1.54, 1.807) is 11.3 Å². The van der Waals surface area contributed by atoms with E-state index in [1.165, 1.54) is 35.1 Å². The van der Waals surface area contributed by atoms with Crippen LogP contribution < -0.4 is 5.32 Å². The normalized spacial score (nSPS) is 11.0. The third-order valence-corrected chi connectivity index (χ3v) is 5.89. The van der Waals surface area contributed by atoms with E-state index in [2.05, 4.69) is 15.3 Å². The fourth-order valence-electron chi connectivity index (χ4n) is 2.17. The monoisotopic (exact) mass is 381 g/mol. The third-order valence-electron chi connectivity index (χ3n) is 3.48. The van der Waals surface area contributed by atoms with E-state index in [4.69, 9.17) is 11.6 Å². The Bertz CT molecular complexity index is 929. The Morgan fingerprint density at radius 1 is 1.38 bits per heavy atom. The summed E-state index contributed by atoms with van der Waals surface area (Å²) >= 11 is 8.87. The van der Waals surface area contributed by atoms with Crippen molar-refractivity contribution in [2.24, 2.45) is 0 Å². The molecule has 2 aromatic heterocycles. The number of rotatable bonds is 4. The van der Waals surface area contributed by atoms with E-state index >= 15 is 0 Å². The van der Waals surface area contributed by atoms with E-state index in [9.17, 15) is 9.18 Å². The third kappa shape index (κ3) is 3.53. The zero-order valence-corrected chi connectivity index (χ0v) is 15.3. The van der Waals surface area contributed by atoms with Gasteiger partial charge in [0.15, 0.2) is 0 Å². The molecule has 124 valence electrons. The van der Waals surface area contributed by atoms with Crippen LogP contribution >= 0.6 is 34.7 Å². The molecule has 0 spiro atoms. The van der Waals surface area contributed by atoms with Crippen molar-refractivity contribution in [2.75, 3.05) is 11.1 Å². The summed E-state index contributed by atoms with van der Waals surface area (Å²) in [6.45, 7) is 4.07. The Hall–Kier alpha value is -1.70. The largest absolute Gasteiger partial charge is 0.324 e. The molecule has 0 saturated heterocycles. The summed E-state index contributed by atoms with van der Waals surface area (Å²) in [4.78, 5) is 22.8. The molecule has 0 saturated carbocycles. The Labute approximate surface area is 151 Å². The van der Waals surface area contributed by atoms with Crippen LogP contribution in [0.25, 0.3) is 10.2 Å². The summed E-state index contributed by atoms with van der Waals surface area (Å²) < 4.78 is 13.0. The molecule has 0 aliphatic rings. The van der Waals surface area contributed by atoms with E-state index in [0.717, 1.165) is 26.9 Å². The van der Waals surface area contributed by atoms with Crippen LogP contribution in [0.1, 0.15) is 10.4 Å². The summed E-state index contributed by atoms with van der Waals surface area (Å²) in [6.07, 6.45) is 1.51. The topological polar surface area (TPSA) is 54.9 Å². The minimum absolute atomic E-state index is 0.169. The second-order valence-electron chi connectivity index (χ2n) is 5.10. The number of halogens is 2. The number of anilines is 1. The highest BCUT2D eigenvalue weighted by Gasteiger charge is 2.14. The number of aryl methyl sites for hydroxylation is 2. The van der Waals surface area contributed by atoms with Gasteiger partial charge in [-0.2, -0.15) is 0 Å². The summed E-state index contributed by atoms with van der Waals surface area (Å²) in [6, 6.07) is 3.85. The Morgan fingerprint density at radius 3 is 2.92 bits per heavy atom. The van der Waals surface area contributed by atoms with Gasteiger partial charge in [0.2, 0.25) is 5.91 Å². The van der Waals surface area contributed by atoms with Crippen molar-refractivity contribution in [3.63, 3.8) is 0 Å². The summed E-state index contributed by atoms with van der Waals surface area (Å²) in [5.74, 6) is -0.502. The fourth-order valence-corrected chi connectivity index (χ4v) is 4.30. The van der Waals surface area contributed by atoms with Crippen LogP contribution in [0.3, 0.4) is 0 Å². The Morgan fingerprint density at radius 2 is 2.17 bits per heavy atom. The zero-order chi connectivity index (χ0) is 17.3. The zero-order valence-electron chi connectivity index (χ0n) is 12.9. The van der Waals surface area contributed by atoms with Gasteiger partial charge in [-0.25, -0.2) is 14.4 Å². The molecule has 4 nitrogen and oxygen atoms in total. The Kier molecular flexibility index (Phi) is 5.03. The van der Waals surface area contributed by atoms with Crippen molar-refractivity contribution in [3.8, 4) is 0 Å². The smallest absolute Gasteiger partial charge is 0.234 e. The maximum Gasteiger partial charge on any atom is 0.234 e. The van der Waals surface area contributed by atoms with Crippen LogP contribution in [-0.4, -0.2) is 21.6 Å². The van der Waals surface area contributed by atoms with E-state index < -0.39 is 5.82 Å². The molecule has 1 amide bonds. The first-order chi connectivity index (χ1) is 11.5. The molecular weight excluding hydrogens is 369 g/mol. The predicted molar refractivity (Wildman–Crippen MR) is 97.7 cm³/mol. The average Bonchev–Trinajstić information content (AvgIpc) is 2.83. The van der Waals surface area contributed by atoms with Crippen LogP contribution in [0.5, 0.6) is 0 Å². The molecule has 2 heterocycles. The minimum atomic E-state index is -0.445. The van der Waals surface area contributed by atoms with E-state index in [0.29, 0.717) is 5.69 Å². The minimum Gasteiger partial charge on any atom is -0.324 e. The number of thiophene rings is 1. The van der Waals surface area contributed by atoms with Gasteiger partial charge < -0.3 is 5.32 Å². The van der Waals surface area contributed by atoms with Gasteiger partial charge in [-0.05, 0) is 37.6 Å². The number of benzene rings is 1. The SMILES string of the molecule is Cc1sc2ncnc(SCC(=O)Nc3ccc(F)cc3Cl)c2c1C. The van der Waals surface area contributed by atoms with Gasteiger partial charge >= 0.3 is 0 Å². The molecule has 24 heavy (non-hydrogen) atoms. The van der Waals surface area contributed by atoms with Gasteiger partial charge in [-0.1, -0.05) is 23.4 Å². The standard InChI is InChI=1S/C16H13ClFN3OS2/c1-8-9(2)24-16-14(8)15(19-7-20-16)23-6-13(22)21-12-4-3-10(18)5-11(12)17/h3-5,7H,6H2,1-2H3,(H,21,22). The molecule has 8 heteroatoms. The molecule has 3 rings (SSSR count). The van der Waals surface area contributed by atoms with Gasteiger partial charge in [0.1, 0.15) is 22.0 Å². The van der Waals surface area contributed by atoms with Crippen LogP contribution in [-0.2, 0) is 4.79 Å². The number of nitrogens with zero attached hydrogens (tertiary/aromatic N) is 2. The lowest BCUT2D eigenvalue weighted by atomic mass is 10.2. The highest BCUT2D eigenvalue weighted by molar-refractivity contribution is 8.00. The van der Waals surface area contributed by atoms with E-state index in [1.807, 2.05) is 13.8 Å². The highest BCUT2D eigenvalue weighted by atomic mass is 35.5. The maximum absolute atomic E-state index is 13.0. The van der Waals surface area contributed by atoms with Crippen LogP contribution in [0, 0.1) is 19.7 Å². The van der Waals surface area contributed by atoms with Crippen LogP contribution in [0.4, 0.5) is 10.1 Å². The molecule has 1 N–H and O–H groups in total. The number of aromatic nitrogens is 2. The lowest BCUT2D eigenvalue weighted by Gasteiger charge is -2.07. The van der Waals surface area contributed by atoms with Gasteiger partial charge in [0, 0.05) is 10.3 Å². The number of fused-ring (bicyclic) bond motifs is 1. The molecule has 0 bridgehead atoms. The highest BCUT2D eigenvalue weighted by Crippen LogP contribution is 2.34. The number of hydrogen-bond acceptors (Lipinski definition) is 5. The molecule has 3 aromatic rings. The van der Waals surface area contributed by atoms with Gasteiger partial charge in [-0.15, -0.1) is 11.3 Å². The van der Waals surface area contributed by atoms with E-state index in [-0.39, 0.29) is 16.7 Å². The molecular formula is C16H13ClFN3OS2. The molecule has 0 aliphatic heterocycles. The quantitative estimate of drug-likeness (QED) is 0.519. The maximum atomic E-state index is 13.0. The molecule has 1 aromatic carbocycles. The predicted octanol–water partition coefficient (Wildman–Crippen LogP) is 4.83. The molecule has 0 unspecified atom stereocenters. The lowest BCUT2D eigenvalue weighted by Crippen LogP contribution is -2.14. The molecule has 0 radical (unpaired) electrons. The number of carbonyl (C=O) groups is 1. The average molecular weight is 382 g/mol. The first-order valence-electron chi connectivity index (χ1n) is 7.04. The number of thioether (sulfide) groups is 1. The second-order valence-corrected chi connectivity index (χ2v) is 7.68. The number of hydrogen-bond donors (Lipinski definition) is 1. The summed E-state index contributed by atoms with van der Waals surface area (Å²) in [5.41, 5.74) is 1.53. The summed E-state index contributed by atoms with van der Waals surface area (Å²) in [5, 5.41) is 4.62. The number of carbonyl (C=O) groups excluding carboxylic acids is 1. The van der Waals surface area contributed by atoms with Crippen LogP contribution in [0.15, 0.2) is 29.6 Å². The van der Waals surface area contributed by atoms with Gasteiger partial charge in [-0.3, -0.25) is 4.79 Å². The van der Waals surface area contributed by atoms with Crippen molar-refractivity contribution in [1.82, 2.24) is 9.97 Å².